The Kier molecular flexibility index (Phi) is 6.09. The second-order valence-corrected chi connectivity index (χ2v) is 20.0. The Morgan fingerprint density at radius 1 is 0.550 bits per heavy atom. The zero-order valence-corrected chi connectivity index (χ0v) is 35.0. The molecule has 0 unspecified atom stereocenters. The average Bonchev–Trinajstić information content (AvgIpc) is 3.97. The highest BCUT2D eigenvalue weighted by Crippen LogP contribution is 2.55. The maximum atomic E-state index is 6.74. The SMILES string of the molecule is CC(C)(C)c1ccc(N2B3c4cc5oc6ccccc6c5cc4-n4c5cc6sc7ccccc7c6cc5c5ccc(c3c54)-c3cc4c(cc32)-c2ccccc2C4(C)C)cc1. The van der Waals surface area contributed by atoms with Gasteiger partial charge in [-0.05, 0) is 110 Å². The first kappa shape index (κ1) is 33.3. The van der Waals surface area contributed by atoms with Crippen LogP contribution in [0.3, 0.4) is 0 Å². The van der Waals surface area contributed by atoms with E-state index in [0.29, 0.717) is 0 Å². The van der Waals surface area contributed by atoms with Crippen molar-refractivity contribution in [2.45, 2.75) is 45.4 Å². The highest BCUT2D eigenvalue weighted by molar-refractivity contribution is 7.25. The van der Waals surface area contributed by atoms with Crippen LogP contribution < -0.4 is 15.7 Å². The third kappa shape index (κ3) is 4.07. The molecule has 0 radical (unpaired) electrons. The molecule has 2 aliphatic heterocycles. The van der Waals surface area contributed by atoms with E-state index in [1.54, 1.807) is 0 Å². The highest BCUT2D eigenvalue weighted by atomic mass is 32.1. The molecule has 1 aliphatic carbocycles. The first-order chi connectivity index (χ1) is 29.1. The number of rotatable bonds is 1. The summed E-state index contributed by atoms with van der Waals surface area (Å²) in [5.74, 6) is 0. The molecule has 0 saturated carbocycles. The molecular formula is C55H39BN2OS. The number of para-hydroxylation sites is 1. The largest absolute Gasteiger partial charge is 0.456 e. The van der Waals surface area contributed by atoms with Gasteiger partial charge < -0.3 is 13.8 Å². The Labute approximate surface area is 352 Å². The lowest BCUT2D eigenvalue weighted by atomic mass is 9.44. The maximum absolute atomic E-state index is 6.74. The molecule has 5 heteroatoms. The molecule has 284 valence electrons. The second kappa shape index (κ2) is 11.0. The lowest BCUT2D eigenvalue weighted by molar-refractivity contribution is 0.590. The van der Waals surface area contributed by atoms with Crippen LogP contribution in [0.2, 0.25) is 0 Å². The zero-order chi connectivity index (χ0) is 40.0. The summed E-state index contributed by atoms with van der Waals surface area (Å²) in [6.45, 7) is 11.6. The Morgan fingerprint density at radius 3 is 2.18 bits per heavy atom. The standard InChI is InChI=1S/C55H39BN2OS/c1-54(2,3)30-18-20-31(21-19-30)58-46-26-37-32-12-6-9-15-42(32)55(4,5)43(37)25-39(46)35-22-23-36-38-24-41-34-14-8-11-17-50(34)60-51(41)29-45(38)57-47-27-40-33-13-7-10-16-48(33)59-49(40)28-44(47)56(58)52(35)53(36)57/h6-29H,1-5H3. The third-order valence-electron chi connectivity index (χ3n) is 14.3. The van der Waals surface area contributed by atoms with Gasteiger partial charge in [0.15, 0.2) is 0 Å². The molecule has 11 aromatic rings. The topological polar surface area (TPSA) is 21.3 Å². The van der Waals surface area contributed by atoms with E-state index in [1.165, 1.54) is 109 Å². The van der Waals surface area contributed by atoms with E-state index in [0.717, 1.165) is 21.9 Å². The predicted octanol–water partition coefficient (Wildman–Crippen LogP) is 13.9. The lowest BCUT2D eigenvalue weighted by Crippen LogP contribution is -2.60. The van der Waals surface area contributed by atoms with Crippen molar-refractivity contribution in [1.82, 2.24) is 4.57 Å². The smallest absolute Gasteiger partial charge is 0.333 e. The molecule has 0 saturated heterocycles. The highest BCUT2D eigenvalue weighted by Gasteiger charge is 2.46. The fourth-order valence-electron chi connectivity index (χ4n) is 11.4. The number of nitrogens with zero attached hydrogens (tertiary/aromatic N) is 2. The summed E-state index contributed by atoms with van der Waals surface area (Å²) in [4.78, 5) is 2.67. The number of thiophene rings is 1. The monoisotopic (exact) mass is 786 g/mol. The Bertz CT molecular complexity index is 3740. The number of fused-ring (bicyclic) bond motifs is 17. The normalized spacial score (nSPS) is 14.8. The third-order valence-corrected chi connectivity index (χ3v) is 15.5. The van der Waals surface area contributed by atoms with Gasteiger partial charge in [-0.2, -0.15) is 0 Å². The van der Waals surface area contributed by atoms with Crippen molar-refractivity contribution in [1.29, 1.82) is 0 Å². The van der Waals surface area contributed by atoms with Crippen LogP contribution in [0.5, 0.6) is 0 Å². The summed E-state index contributed by atoms with van der Waals surface area (Å²) in [6, 6.07) is 55.5. The van der Waals surface area contributed by atoms with E-state index < -0.39 is 0 Å². The van der Waals surface area contributed by atoms with Gasteiger partial charge in [0, 0.05) is 69.8 Å². The van der Waals surface area contributed by atoms with E-state index >= 15 is 0 Å². The summed E-state index contributed by atoms with van der Waals surface area (Å²) >= 11 is 1.89. The van der Waals surface area contributed by atoms with Crippen LogP contribution in [-0.4, -0.2) is 11.4 Å². The first-order valence-electron chi connectivity index (χ1n) is 21.2. The van der Waals surface area contributed by atoms with Gasteiger partial charge >= 0.3 is 6.85 Å². The fourth-order valence-corrected chi connectivity index (χ4v) is 12.5. The van der Waals surface area contributed by atoms with Crippen molar-refractivity contribution in [2.24, 2.45) is 0 Å². The van der Waals surface area contributed by atoms with E-state index in [1.807, 2.05) is 11.3 Å². The Morgan fingerprint density at radius 2 is 1.33 bits per heavy atom. The lowest BCUT2D eigenvalue weighted by Gasteiger charge is -2.42. The van der Waals surface area contributed by atoms with Gasteiger partial charge in [0.25, 0.3) is 0 Å². The van der Waals surface area contributed by atoms with Crippen molar-refractivity contribution < 1.29 is 4.42 Å². The molecule has 0 fully saturated rings. The summed E-state index contributed by atoms with van der Waals surface area (Å²) in [5, 5.41) is 7.55. The summed E-state index contributed by atoms with van der Waals surface area (Å²) in [6.07, 6.45) is 0. The van der Waals surface area contributed by atoms with Crippen molar-refractivity contribution in [3.63, 3.8) is 0 Å². The predicted molar refractivity (Wildman–Crippen MR) is 256 cm³/mol. The number of hydrogen-bond acceptors (Lipinski definition) is 3. The van der Waals surface area contributed by atoms with Crippen molar-refractivity contribution in [2.75, 3.05) is 4.81 Å². The molecule has 3 aromatic heterocycles. The molecule has 0 bridgehead atoms. The zero-order valence-electron chi connectivity index (χ0n) is 34.1. The van der Waals surface area contributed by atoms with Gasteiger partial charge in [-0.15, -0.1) is 11.3 Å². The molecule has 3 nitrogen and oxygen atoms in total. The van der Waals surface area contributed by atoms with Gasteiger partial charge in [-0.3, -0.25) is 0 Å². The summed E-state index contributed by atoms with van der Waals surface area (Å²) in [5.41, 5.74) is 20.0. The van der Waals surface area contributed by atoms with E-state index in [2.05, 4.69) is 190 Å². The minimum atomic E-state index is -0.124. The first-order valence-corrected chi connectivity index (χ1v) is 22.0. The molecule has 5 heterocycles. The van der Waals surface area contributed by atoms with Gasteiger partial charge in [0.05, 0.1) is 11.0 Å². The van der Waals surface area contributed by atoms with Gasteiger partial charge in [0.2, 0.25) is 0 Å². The van der Waals surface area contributed by atoms with Crippen LogP contribution in [0.4, 0.5) is 11.4 Å². The van der Waals surface area contributed by atoms with Gasteiger partial charge in [0.1, 0.15) is 11.2 Å². The second-order valence-electron chi connectivity index (χ2n) is 18.9. The number of hydrogen-bond donors (Lipinski definition) is 0. The molecule has 0 amide bonds. The Balaban J connectivity index is 1.16. The molecule has 0 spiro atoms. The van der Waals surface area contributed by atoms with E-state index in [9.17, 15) is 0 Å². The van der Waals surface area contributed by atoms with Crippen molar-refractivity contribution >= 4 is 104 Å². The number of aromatic nitrogens is 1. The molecule has 8 aromatic carbocycles. The quantitative estimate of drug-likeness (QED) is 0.155. The van der Waals surface area contributed by atoms with E-state index in [4.69, 9.17) is 4.42 Å². The van der Waals surface area contributed by atoms with Gasteiger partial charge in [-0.1, -0.05) is 120 Å². The van der Waals surface area contributed by atoms with Gasteiger partial charge in [-0.25, -0.2) is 0 Å². The molecule has 3 aliphatic rings. The van der Waals surface area contributed by atoms with Crippen LogP contribution in [-0.2, 0) is 10.8 Å². The van der Waals surface area contributed by atoms with E-state index in [-0.39, 0.29) is 17.7 Å². The molecule has 60 heavy (non-hydrogen) atoms. The minimum Gasteiger partial charge on any atom is -0.456 e. The Hall–Kier alpha value is -6.56. The minimum absolute atomic E-state index is 0.0393. The summed E-state index contributed by atoms with van der Waals surface area (Å²) in [7, 11) is 0. The van der Waals surface area contributed by atoms with Crippen LogP contribution in [0.25, 0.3) is 91.9 Å². The number of anilines is 2. The average molecular weight is 787 g/mol. The number of furan rings is 1. The van der Waals surface area contributed by atoms with Crippen LogP contribution in [0.1, 0.15) is 51.3 Å². The fraction of sp³-hybridized carbons (Fsp3) is 0.127. The van der Waals surface area contributed by atoms with Crippen molar-refractivity contribution in [3.8, 4) is 27.9 Å². The van der Waals surface area contributed by atoms with Crippen LogP contribution in [0.15, 0.2) is 150 Å². The van der Waals surface area contributed by atoms with Crippen LogP contribution in [0, 0.1) is 0 Å². The number of benzene rings is 8. The molecular weight excluding hydrogens is 747 g/mol. The van der Waals surface area contributed by atoms with Crippen LogP contribution >= 0.6 is 11.3 Å². The maximum Gasteiger partial charge on any atom is 0.333 e. The summed E-state index contributed by atoms with van der Waals surface area (Å²) < 4.78 is 12.0. The molecule has 14 rings (SSSR count). The van der Waals surface area contributed by atoms with Crippen molar-refractivity contribution in [3.05, 3.63) is 162 Å². The molecule has 0 atom stereocenters. The molecule has 0 N–H and O–H groups in total.